The molecular formula is C12H16N4S. The first-order chi connectivity index (χ1) is 8.38. The van der Waals surface area contributed by atoms with E-state index < -0.39 is 0 Å². The number of nitrogens with zero attached hydrogens (tertiary/aromatic N) is 3. The fourth-order valence-corrected chi connectivity index (χ4v) is 3.11. The Hall–Kier alpha value is -1.07. The lowest BCUT2D eigenvalue weighted by Gasteiger charge is -2.40. The summed E-state index contributed by atoms with van der Waals surface area (Å²) in [6.45, 7) is 2.21. The van der Waals surface area contributed by atoms with Crippen LogP contribution < -0.4 is 0 Å². The van der Waals surface area contributed by atoms with E-state index in [4.69, 9.17) is 0 Å². The van der Waals surface area contributed by atoms with E-state index in [0.717, 1.165) is 23.6 Å². The molecule has 1 aliphatic rings. The molecule has 5 heteroatoms. The summed E-state index contributed by atoms with van der Waals surface area (Å²) in [4.78, 5) is 14.1. The molecule has 0 aliphatic carbocycles. The van der Waals surface area contributed by atoms with Crippen LogP contribution in [0.25, 0.3) is 11.0 Å². The second-order valence-electron chi connectivity index (χ2n) is 4.47. The van der Waals surface area contributed by atoms with Crippen LogP contribution in [0, 0.1) is 0 Å². The van der Waals surface area contributed by atoms with Crippen molar-refractivity contribution < 1.29 is 0 Å². The smallest absolute Gasteiger partial charge is 0.116 e. The van der Waals surface area contributed by atoms with Gasteiger partial charge in [-0.25, -0.2) is 9.97 Å². The van der Waals surface area contributed by atoms with Gasteiger partial charge in [-0.1, -0.05) is 0 Å². The molecule has 90 valence electrons. The van der Waals surface area contributed by atoms with Gasteiger partial charge in [0.1, 0.15) is 6.33 Å². The zero-order chi connectivity index (χ0) is 11.7. The van der Waals surface area contributed by atoms with Crippen LogP contribution in [0.4, 0.5) is 0 Å². The zero-order valence-corrected chi connectivity index (χ0v) is 10.7. The van der Waals surface area contributed by atoms with Gasteiger partial charge in [-0.3, -0.25) is 4.90 Å². The molecule has 1 saturated heterocycles. The topological polar surface area (TPSA) is 44.8 Å². The van der Waals surface area contributed by atoms with Gasteiger partial charge in [0.15, 0.2) is 0 Å². The first kappa shape index (κ1) is 11.0. The summed E-state index contributed by atoms with van der Waals surface area (Å²) in [6, 6.07) is 0.747. The summed E-state index contributed by atoms with van der Waals surface area (Å²) >= 11 is 1.93. The van der Waals surface area contributed by atoms with Crippen LogP contribution in [0.15, 0.2) is 18.7 Å². The van der Waals surface area contributed by atoms with Crippen LogP contribution in [-0.4, -0.2) is 44.4 Å². The van der Waals surface area contributed by atoms with Crippen molar-refractivity contribution in [2.45, 2.75) is 19.0 Å². The molecular weight excluding hydrogens is 232 g/mol. The van der Waals surface area contributed by atoms with Crippen molar-refractivity contribution in [3.63, 3.8) is 0 Å². The number of thioether (sulfide) groups is 1. The molecule has 0 unspecified atom stereocenters. The molecule has 2 aromatic rings. The number of likely N-dealkylation sites (tertiary alicyclic amines) is 1. The minimum absolute atomic E-state index is 0.747. The van der Waals surface area contributed by atoms with Crippen molar-refractivity contribution in [1.82, 2.24) is 19.9 Å². The zero-order valence-electron chi connectivity index (χ0n) is 9.89. The summed E-state index contributed by atoms with van der Waals surface area (Å²) in [5.41, 5.74) is 3.38. The van der Waals surface area contributed by atoms with Crippen LogP contribution in [0.5, 0.6) is 0 Å². The first-order valence-corrected chi connectivity index (χ1v) is 7.27. The number of aromatic nitrogens is 3. The summed E-state index contributed by atoms with van der Waals surface area (Å²) < 4.78 is 0. The van der Waals surface area contributed by atoms with Gasteiger partial charge in [-0.2, -0.15) is 11.8 Å². The van der Waals surface area contributed by atoms with Crippen LogP contribution in [0.2, 0.25) is 0 Å². The maximum absolute atomic E-state index is 4.35. The highest BCUT2D eigenvalue weighted by Crippen LogP contribution is 2.25. The maximum Gasteiger partial charge on any atom is 0.116 e. The Balaban J connectivity index is 1.77. The number of aromatic amines is 1. The van der Waals surface area contributed by atoms with E-state index in [1.807, 2.05) is 18.0 Å². The van der Waals surface area contributed by atoms with E-state index in [2.05, 4.69) is 32.3 Å². The molecule has 4 nitrogen and oxygen atoms in total. The minimum Gasteiger partial charge on any atom is -0.358 e. The molecule has 0 spiro atoms. The normalized spacial score (nSPS) is 20.6. The van der Waals surface area contributed by atoms with E-state index in [9.17, 15) is 0 Å². The quantitative estimate of drug-likeness (QED) is 0.897. The lowest BCUT2D eigenvalue weighted by atomic mass is 10.0. The van der Waals surface area contributed by atoms with Crippen LogP contribution >= 0.6 is 11.8 Å². The third-order valence-electron chi connectivity index (χ3n) is 3.42. The number of nitrogens with one attached hydrogen (secondary N) is 1. The van der Waals surface area contributed by atoms with Crippen molar-refractivity contribution in [2.24, 2.45) is 0 Å². The van der Waals surface area contributed by atoms with Gasteiger partial charge in [0.2, 0.25) is 0 Å². The van der Waals surface area contributed by atoms with Gasteiger partial charge in [0, 0.05) is 36.6 Å². The van der Waals surface area contributed by atoms with Gasteiger partial charge < -0.3 is 4.98 Å². The third-order valence-corrected chi connectivity index (χ3v) is 4.13. The Morgan fingerprint density at radius 3 is 3.29 bits per heavy atom. The molecule has 1 N–H and O–H groups in total. The lowest BCUT2D eigenvalue weighted by molar-refractivity contribution is 0.0999. The number of H-pyrrole nitrogens is 1. The van der Waals surface area contributed by atoms with Crippen LogP contribution in [0.1, 0.15) is 12.0 Å². The van der Waals surface area contributed by atoms with E-state index in [-0.39, 0.29) is 0 Å². The Labute approximate surface area is 105 Å². The van der Waals surface area contributed by atoms with Crippen molar-refractivity contribution >= 4 is 22.8 Å². The maximum atomic E-state index is 4.35. The van der Waals surface area contributed by atoms with Gasteiger partial charge >= 0.3 is 0 Å². The molecule has 1 fully saturated rings. The van der Waals surface area contributed by atoms with Gasteiger partial charge in [0.05, 0.1) is 17.2 Å². The second-order valence-corrected chi connectivity index (χ2v) is 5.38. The highest BCUT2D eigenvalue weighted by atomic mass is 32.2. The summed E-state index contributed by atoms with van der Waals surface area (Å²) in [7, 11) is 0. The minimum atomic E-state index is 0.747. The Kier molecular flexibility index (Phi) is 3.03. The standard InChI is InChI=1S/C12H16N4S/c1-17-7-10-2-3-16(10)6-9-4-14-11-5-13-8-15-12(9)11/h4-5,8,10,14H,2-3,6-7H2,1H3/t10-/m0/s1. The third kappa shape index (κ3) is 2.05. The fraction of sp³-hybridized carbons (Fsp3) is 0.500. The summed E-state index contributed by atoms with van der Waals surface area (Å²) in [6.07, 6.45) is 9.03. The van der Waals surface area contributed by atoms with Crippen molar-refractivity contribution in [3.8, 4) is 0 Å². The van der Waals surface area contributed by atoms with Gasteiger partial charge in [-0.05, 0) is 12.7 Å². The predicted octanol–water partition coefficient (Wildman–Crippen LogP) is 1.90. The molecule has 1 aliphatic heterocycles. The summed E-state index contributed by atoms with van der Waals surface area (Å²) in [5.74, 6) is 1.23. The molecule has 3 heterocycles. The highest BCUT2D eigenvalue weighted by molar-refractivity contribution is 7.98. The van der Waals surface area contributed by atoms with Crippen molar-refractivity contribution in [3.05, 3.63) is 24.3 Å². The molecule has 17 heavy (non-hydrogen) atoms. The van der Waals surface area contributed by atoms with E-state index >= 15 is 0 Å². The average molecular weight is 248 g/mol. The number of hydrogen-bond acceptors (Lipinski definition) is 4. The monoisotopic (exact) mass is 248 g/mol. The van der Waals surface area contributed by atoms with Crippen molar-refractivity contribution in [1.29, 1.82) is 0 Å². The molecule has 1 atom stereocenters. The number of hydrogen-bond donors (Lipinski definition) is 1. The molecule has 3 rings (SSSR count). The Morgan fingerprint density at radius 2 is 2.53 bits per heavy atom. The van der Waals surface area contributed by atoms with Crippen LogP contribution in [-0.2, 0) is 6.54 Å². The fourth-order valence-electron chi connectivity index (χ4n) is 2.35. The first-order valence-electron chi connectivity index (χ1n) is 5.87. The van der Waals surface area contributed by atoms with E-state index in [1.54, 1.807) is 6.33 Å². The lowest BCUT2D eigenvalue weighted by Crippen LogP contribution is -2.48. The number of fused-ring (bicyclic) bond motifs is 1. The van der Waals surface area contributed by atoms with Gasteiger partial charge in [-0.15, -0.1) is 0 Å². The molecule has 0 bridgehead atoms. The van der Waals surface area contributed by atoms with Gasteiger partial charge in [0.25, 0.3) is 0 Å². The predicted molar refractivity (Wildman–Crippen MR) is 71.1 cm³/mol. The molecule has 0 amide bonds. The van der Waals surface area contributed by atoms with E-state index in [0.29, 0.717) is 0 Å². The summed E-state index contributed by atoms with van der Waals surface area (Å²) in [5, 5.41) is 0. The van der Waals surface area contributed by atoms with E-state index in [1.165, 1.54) is 24.3 Å². The second kappa shape index (κ2) is 4.66. The Bertz CT molecular complexity index is 510. The number of rotatable bonds is 4. The Morgan fingerprint density at radius 1 is 1.59 bits per heavy atom. The molecule has 0 radical (unpaired) electrons. The SMILES string of the molecule is CSC[C@@H]1CCN1Cc1c[nH]c2cncnc12. The van der Waals surface area contributed by atoms with Crippen LogP contribution in [0.3, 0.4) is 0 Å². The molecule has 2 aromatic heterocycles. The van der Waals surface area contributed by atoms with Crippen molar-refractivity contribution in [2.75, 3.05) is 18.6 Å². The highest BCUT2D eigenvalue weighted by Gasteiger charge is 2.27. The largest absolute Gasteiger partial charge is 0.358 e. The molecule has 0 aromatic carbocycles. The average Bonchev–Trinajstić information content (AvgIpc) is 2.75. The molecule has 0 saturated carbocycles.